The Morgan fingerprint density at radius 2 is 1.26 bits per heavy atom. The van der Waals surface area contributed by atoms with Crippen LogP contribution in [-0.2, 0) is 0 Å². The summed E-state index contributed by atoms with van der Waals surface area (Å²) in [6, 6.07) is 17.4. The van der Waals surface area contributed by atoms with E-state index in [0.717, 1.165) is 31.9 Å². The highest BCUT2D eigenvalue weighted by atomic mass is 16.5. The van der Waals surface area contributed by atoms with E-state index in [1.54, 1.807) is 0 Å². The van der Waals surface area contributed by atoms with Crippen LogP contribution in [0.25, 0.3) is 17.2 Å². The van der Waals surface area contributed by atoms with Crippen molar-refractivity contribution in [3.05, 3.63) is 60.2 Å². The maximum atomic E-state index is 5.96. The van der Waals surface area contributed by atoms with Crippen LogP contribution in [0.3, 0.4) is 0 Å². The van der Waals surface area contributed by atoms with Crippen molar-refractivity contribution < 1.29 is 4.74 Å². The van der Waals surface area contributed by atoms with E-state index in [1.165, 1.54) is 81.4 Å². The van der Waals surface area contributed by atoms with Gasteiger partial charge in [-0.05, 0) is 87.1 Å². The Kier molecular flexibility index (Phi) is 8.61. The van der Waals surface area contributed by atoms with Crippen LogP contribution in [0.2, 0.25) is 0 Å². The molecule has 2 aromatic rings. The quantitative estimate of drug-likeness (QED) is 0.457. The average Bonchev–Trinajstić information content (AvgIpc) is 2.84. The Bertz CT molecular complexity index is 785. The van der Waals surface area contributed by atoms with Gasteiger partial charge in [-0.15, -0.1) is 0 Å². The zero-order valence-corrected chi connectivity index (χ0v) is 19.0. The fraction of sp³-hybridized carbons (Fsp3) is 0.500. The first-order chi connectivity index (χ1) is 15.4. The summed E-state index contributed by atoms with van der Waals surface area (Å²) in [5.74, 6) is 0.972. The normalized spacial score (nSPS) is 18.5. The van der Waals surface area contributed by atoms with E-state index in [0.29, 0.717) is 0 Å². The molecule has 2 saturated heterocycles. The molecule has 0 atom stereocenters. The van der Waals surface area contributed by atoms with Crippen molar-refractivity contribution in [1.82, 2.24) is 9.80 Å². The number of nitrogens with zero attached hydrogens (tertiary/aromatic N) is 2. The maximum absolute atomic E-state index is 5.96. The standard InChI is InChI=1S/C28H38N2O/c1-3-18-29(19-4-1)22-7-9-25-10-12-26(13-11-25)27-14-16-28(17-15-27)31-24-8-23-30-20-5-2-6-21-30/h7,9-17H,1-6,8,18-24H2/b9-7-. The van der Waals surface area contributed by atoms with E-state index in [2.05, 4.69) is 70.5 Å². The first-order valence-electron chi connectivity index (χ1n) is 12.3. The minimum atomic E-state index is 0.800. The van der Waals surface area contributed by atoms with Gasteiger partial charge < -0.3 is 9.64 Å². The summed E-state index contributed by atoms with van der Waals surface area (Å²) in [6.45, 7) is 8.07. The molecule has 2 heterocycles. The van der Waals surface area contributed by atoms with Crippen molar-refractivity contribution >= 4 is 6.08 Å². The summed E-state index contributed by atoms with van der Waals surface area (Å²) >= 11 is 0. The van der Waals surface area contributed by atoms with Gasteiger partial charge in [-0.2, -0.15) is 0 Å². The molecule has 4 rings (SSSR count). The van der Waals surface area contributed by atoms with Gasteiger partial charge in [0.05, 0.1) is 6.61 Å². The molecule has 31 heavy (non-hydrogen) atoms. The third kappa shape index (κ3) is 7.22. The molecule has 3 heteroatoms. The van der Waals surface area contributed by atoms with Gasteiger partial charge in [0.1, 0.15) is 5.75 Å². The fourth-order valence-corrected chi connectivity index (χ4v) is 4.67. The van der Waals surface area contributed by atoms with Crippen LogP contribution in [-0.4, -0.2) is 55.7 Å². The van der Waals surface area contributed by atoms with Crippen molar-refractivity contribution in [2.24, 2.45) is 0 Å². The SMILES string of the molecule is C(=C/c1ccc(-c2ccc(OCCCN3CCCCC3)cc2)cc1)/CN1CCCCC1. The zero-order chi connectivity index (χ0) is 21.1. The molecule has 0 bridgehead atoms. The summed E-state index contributed by atoms with van der Waals surface area (Å²) in [6.07, 6.45) is 13.9. The van der Waals surface area contributed by atoms with E-state index >= 15 is 0 Å². The molecule has 2 aliphatic rings. The molecular formula is C28H38N2O. The van der Waals surface area contributed by atoms with Crippen LogP contribution in [0.4, 0.5) is 0 Å². The van der Waals surface area contributed by atoms with Crippen LogP contribution in [0.15, 0.2) is 54.6 Å². The molecule has 0 radical (unpaired) electrons. The monoisotopic (exact) mass is 418 g/mol. The minimum absolute atomic E-state index is 0.800. The largest absolute Gasteiger partial charge is 0.494 e. The second kappa shape index (κ2) is 12.1. The molecule has 2 fully saturated rings. The Balaban J connectivity index is 1.21. The number of piperidine rings is 2. The molecule has 2 aromatic carbocycles. The summed E-state index contributed by atoms with van der Waals surface area (Å²) in [4.78, 5) is 5.12. The molecule has 166 valence electrons. The lowest BCUT2D eigenvalue weighted by atomic mass is 10.0. The summed E-state index contributed by atoms with van der Waals surface area (Å²) in [5, 5.41) is 0. The van der Waals surface area contributed by atoms with E-state index in [1.807, 2.05) is 0 Å². The van der Waals surface area contributed by atoms with Gasteiger partial charge in [-0.25, -0.2) is 0 Å². The van der Waals surface area contributed by atoms with Crippen LogP contribution >= 0.6 is 0 Å². The zero-order valence-electron chi connectivity index (χ0n) is 19.0. The van der Waals surface area contributed by atoms with Crippen LogP contribution in [0.1, 0.15) is 50.5 Å². The predicted octanol–water partition coefficient (Wildman–Crippen LogP) is 6.11. The molecular weight excluding hydrogens is 380 g/mol. The van der Waals surface area contributed by atoms with Crippen molar-refractivity contribution in [2.75, 3.05) is 45.9 Å². The van der Waals surface area contributed by atoms with Gasteiger partial charge in [0, 0.05) is 13.1 Å². The molecule has 0 spiro atoms. The molecule has 3 nitrogen and oxygen atoms in total. The number of ether oxygens (including phenoxy) is 1. The van der Waals surface area contributed by atoms with E-state index < -0.39 is 0 Å². The Hall–Kier alpha value is -2.10. The van der Waals surface area contributed by atoms with Crippen LogP contribution in [0, 0.1) is 0 Å². The Morgan fingerprint density at radius 1 is 0.677 bits per heavy atom. The van der Waals surface area contributed by atoms with Crippen molar-refractivity contribution in [3.63, 3.8) is 0 Å². The molecule has 0 saturated carbocycles. The van der Waals surface area contributed by atoms with Gasteiger partial charge in [0.2, 0.25) is 0 Å². The topological polar surface area (TPSA) is 15.7 Å². The highest BCUT2D eigenvalue weighted by Gasteiger charge is 2.09. The number of rotatable bonds is 9. The highest BCUT2D eigenvalue weighted by Crippen LogP contribution is 2.23. The predicted molar refractivity (Wildman–Crippen MR) is 132 cm³/mol. The van der Waals surface area contributed by atoms with Crippen LogP contribution in [0.5, 0.6) is 5.75 Å². The van der Waals surface area contributed by atoms with Gasteiger partial charge in [-0.1, -0.05) is 61.4 Å². The number of benzene rings is 2. The first kappa shape index (κ1) is 22.1. The number of hydrogen-bond donors (Lipinski definition) is 0. The summed E-state index contributed by atoms with van der Waals surface area (Å²) in [5.41, 5.74) is 3.77. The van der Waals surface area contributed by atoms with Crippen molar-refractivity contribution in [1.29, 1.82) is 0 Å². The third-order valence-electron chi connectivity index (χ3n) is 6.56. The molecule has 0 aromatic heterocycles. The van der Waals surface area contributed by atoms with Crippen molar-refractivity contribution in [2.45, 2.75) is 44.9 Å². The van der Waals surface area contributed by atoms with Crippen LogP contribution < -0.4 is 4.74 Å². The Morgan fingerprint density at radius 3 is 1.90 bits per heavy atom. The van der Waals surface area contributed by atoms with Crippen molar-refractivity contribution in [3.8, 4) is 16.9 Å². The average molecular weight is 419 g/mol. The third-order valence-corrected chi connectivity index (χ3v) is 6.56. The maximum Gasteiger partial charge on any atom is 0.119 e. The second-order valence-corrected chi connectivity index (χ2v) is 9.01. The van der Waals surface area contributed by atoms with E-state index in [4.69, 9.17) is 4.74 Å². The lowest BCUT2D eigenvalue weighted by Gasteiger charge is -2.26. The summed E-state index contributed by atoms with van der Waals surface area (Å²) < 4.78 is 5.96. The Labute approximate surface area is 188 Å². The second-order valence-electron chi connectivity index (χ2n) is 9.01. The molecule has 0 aliphatic carbocycles. The first-order valence-corrected chi connectivity index (χ1v) is 12.3. The minimum Gasteiger partial charge on any atom is -0.494 e. The van der Waals surface area contributed by atoms with E-state index in [9.17, 15) is 0 Å². The number of hydrogen-bond acceptors (Lipinski definition) is 3. The smallest absolute Gasteiger partial charge is 0.119 e. The van der Waals surface area contributed by atoms with E-state index in [-0.39, 0.29) is 0 Å². The van der Waals surface area contributed by atoms with Gasteiger partial charge in [-0.3, -0.25) is 4.90 Å². The molecule has 0 N–H and O–H groups in total. The fourth-order valence-electron chi connectivity index (χ4n) is 4.67. The molecule has 0 unspecified atom stereocenters. The van der Waals surface area contributed by atoms with Gasteiger partial charge >= 0.3 is 0 Å². The van der Waals surface area contributed by atoms with Gasteiger partial charge in [0.15, 0.2) is 0 Å². The highest BCUT2D eigenvalue weighted by molar-refractivity contribution is 5.66. The lowest BCUT2D eigenvalue weighted by Crippen LogP contribution is -2.31. The lowest BCUT2D eigenvalue weighted by molar-refractivity contribution is 0.205. The molecule has 2 aliphatic heterocycles. The molecule has 0 amide bonds. The number of likely N-dealkylation sites (tertiary alicyclic amines) is 2. The van der Waals surface area contributed by atoms with Gasteiger partial charge in [0.25, 0.3) is 0 Å². The summed E-state index contributed by atoms with van der Waals surface area (Å²) in [7, 11) is 0.